The highest BCUT2D eigenvalue weighted by molar-refractivity contribution is 6.03. The van der Waals surface area contributed by atoms with E-state index >= 15 is 0 Å². The molecule has 8 rings (SSSR count). The number of pyridine rings is 2. The van der Waals surface area contributed by atoms with Gasteiger partial charge < -0.3 is 0 Å². The second-order valence-electron chi connectivity index (χ2n) is 10.7. The van der Waals surface area contributed by atoms with Crippen molar-refractivity contribution < 1.29 is 0 Å². The summed E-state index contributed by atoms with van der Waals surface area (Å²) in [5.74, 6) is 0. The van der Waals surface area contributed by atoms with Crippen LogP contribution in [0.25, 0.3) is 78.0 Å². The van der Waals surface area contributed by atoms with Crippen LogP contribution in [0.15, 0.2) is 158 Å². The van der Waals surface area contributed by atoms with E-state index in [0.29, 0.717) is 0 Å². The highest BCUT2D eigenvalue weighted by atomic mass is 14.9. The summed E-state index contributed by atoms with van der Waals surface area (Å²) in [6, 6.07) is 49.9. The van der Waals surface area contributed by atoms with E-state index in [9.17, 15) is 0 Å². The van der Waals surface area contributed by atoms with Gasteiger partial charge in [-0.1, -0.05) is 133 Å². The number of hydrogen-bond donors (Lipinski definition) is 0. The van der Waals surface area contributed by atoms with Crippen molar-refractivity contribution in [2.24, 2.45) is 0 Å². The molecule has 4 nitrogen and oxygen atoms in total. The van der Waals surface area contributed by atoms with E-state index in [4.69, 9.17) is 15.0 Å². The molecule has 3 heterocycles. The van der Waals surface area contributed by atoms with E-state index in [1.165, 1.54) is 0 Å². The number of aromatic nitrogens is 4. The predicted molar refractivity (Wildman–Crippen MR) is 180 cm³/mol. The van der Waals surface area contributed by atoms with Crippen LogP contribution in [-0.2, 0) is 0 Å². The lowest BCUT2D eigenvalue weighted by atomic mass is 9.98. The van der Waals surface area contributed by atoms with Crippen LogP contribution >= 0.6 is 0 Å². The van der Waals surface area contributed by atoms with Gasteiger partial charge in [-0.2, -0.15) is 0 Å². The van der Waals surface area contributed by atoms with Crippen molar-refractivity contribution in [3.05, 3.63) is 158 Å². The van der Waals surface area contributed by atoms with Gasteiger partial charge in [0.2, 0.25) is 0 Å². The summed E-state index contributed by atoms with van der Waals surface area (Å²) in [6.45, 7) is 0. The quantitative estimate of drug-likeness (QED) is 0.196. The zero-order chi connectivity index (χ0) is 29.3. The third-order valence-electron chi connectivity index (χ3n) is 7.95. The van der Waals surface area contributed by atoms with Gasteiger partial charge in [-0.3, -0.25) is 9.97 Å². The second-order valence-corrected chi connectivity index (χ2v) is 10.7. The van der Waals surface area contributed by atoms with Crippen LogP contribution in [0.5, 0.6) is 0 Å². The SMILES string of the molecule is c1ccc(-c2nc(-c3ccccc3)c(-c3ccc(-c4cnc5c(ccc6cccnc65)c4)cc3)nc2-c2ccccc2)cc1. The van der Waals surface area contributed by atoms with Crippen molar-refractivity contribution in [3.8, 4) is 56.2 Å². The van der Waals surface area contributed by atoms with Crippen LogP contribution in [0, 0.1) is 0 Å². The second kappa shape index (κ2) is 11.0. The minimum atomic E-state index is 0.843. The van der Waals surface area contributed by atoms with Crippen molar-refractivity contribution in [2.45, 2.75) is 0 Å². The standard InChI is InChI=1S/C40H26N4/c1-4-11-28(12-5-1)37-38(29-13-6-2-7-14-29)44-40(39(43-37)30-15-8-3-9-16-30)32-20-18-27(19-21-32)34-25-33-23-22-31-17-10-24-41-35(31)36(33)42-26-34/h1-26H. The molecule has 44 heavy (non-hydrogen) atoms. The van der Waals surface area contributed by atoms with Crippen molar-refractivity contribution in [1.82, 2.24) is 19.9 Å². The molecule has 3 aromatic heterocycles. The van der Waals surface area contributed by atoms with Gasteiger partial charge >= 0.3 is 0 Å². The van der Waals surface area contributed by atoms with Crippen molar-refractivity contribution in [1.29, 1.82) is 0 Å². The molecule has 206 valence electrons. The Labute approximate surface area is 255 Å². The lowest BCUT2D eigenvalue weighted by Crippen LogP contribution is -2.00. The third-order valence-corrected chi connectivity index (χ3v) is 7.95. The number of nitrogens with zero attached hydrogens (tertiary/aromatic N) is 4. The molecule has 0 saturated heterocycles. The maximum absolute atomic E-state index is 5.36. The zero-order valence-corrected chi connectivity index (χ0v) is 23.8. The summed E-state index contributed by atoms with van der Waals surface area (Å²) in [4.78, 5) is 20.1. The molecular formula is C40H26N4. The molecule has 0 aliphatic carbocycles. The van der Waals surface area contributed by atoms with Gasteiger partial charge in [-0.15, -0.1) is 0 Å². The Morgan fingerprint density at radius 3 is 1.32 bits per heavy atom. The Hall–Kier alpha value is -6.00. The van der Waals surface area contributed by atoms with E-state index in [2.05, 4.69) is 89.9 Å². The molecule has 0 saturated carbocycles. The largest absolute Gasteiger partial charge is 0.254 e. The molecule has 0 fully saturated rings. The molecule has 0 aliphatic heterocycles. The molecule has 0 atom stereocenters. The molecule has 0 aliphatic rings. The summed E-state index contributed by atoms with van der Waals surface area (Å²) in [5.41, 5.74) is 11.5. The molecule has 0 N–H and O–H groups in total. The average Bonchev–Trinajstić information content (AvgIpc) is 3.12. The van der Waals surface area contributed by atoms with Crippen LogP contribution in [-0.4, -0.2) is 19.9 Å². The Balaban J connectivity index is 1.27. The van der Waals surface area contributed by atoms with E-state index in [1.54, 1.807) is 0 Å². The monoisotopic (exact) mass is 562 g/mol. The highest BCUT2D eigenvalue weighted by Crippen LogP contribution is 2.37. The van der Waals surface area contributed by atoms with Crippen LogP contribution in [0.3, 0.4) is 0 Å². The summed E-state index contributed by atoms with van der Waals surface area (Å²) < 4.78 is 0. The number of hydrogen-bond acceptors (Lipinski definition) is 4. The molecule has 0 amide bonds. The van der Waals surface area contributed by atoms with Crippen LogP contribution in [0.2, 0.25) is 0 Å². The van der Waals surface area contributed by atoms with Gasteiger partial charge in [-0.05, 0) is 17.7 Å². The van der Waals surface area contributed by atoms with E-state index in [-0.39, 0.29) is 0 Å². The first-order valence-electron chi connectivity index (χ1n) is 14.6. The van der Waals surface area contributed by atoms with E-state index in [1.807, 2.05) is 73.1 Å². The molecular weight excluding hydrogens is 536 g/mol. The van der Waals surface area contributed by atoms with Gasteiger partial charge in [0, 0.05) is 51.0 Å². The minimum Gasteiger partial charge on any atom is -0.254 e. The molecule has 0 radical (unpaired) electrons. The lowest BCUT2D eigenvalue weighted by Gasteiger charge is -2.16. The molecule has 4 heteroatoms. The van der Waals surface area contributed by atoms with Crippen molar-refractivity contribution in [2.75, 3.05) is 0 Å². The van der Waals surface area contributed by atoms with Crippen LogP contribution in [0.1, 0.15) is 0 Å². The molecule has 0 unspecified atom stereocenters. The summed E-state index contributed by atoms with van der Waals surface area (Å²) in [5, 5.41) is 2.16. The Kier molecular flexibility index (Phi) is 6.43. The Bertz CT molecular complexity index is 2250. The topological polar surface area (TPSA) is 51.6 Å². The Morgan fingerprint density at radius 2 is 0.773 bits per heavy atom. The van der Waals surface area contributed by atoms with Crippen LogP contribution in [0.4, 0.5) is 0 Å². The van der Waals surface area contributed by atoms with Gasteiger partial charge in [0.1, 0.15) is 0 Å². The molecule has 0 bridgehead atoms. The zero-order valence-electron chi connectivity index (χ0n) is 23.8. The fraction of sp³-hybridized carbons (Fsp3) is 0. The first-order chi connectivity index (χ1) is 21.8. The fourth-order valence-electron chi connectivity index (χ4n) is 5.74. The first-order valence-corrected chi connectivity index (χ1v) is 14.6. The summed E-state index contributed by atoms with van der Waals surface area (Å²) in [7, 11) is 0. The number of rotatable bonds is 5. The smallest absolute Gasteiger partial charge is 0.0973 e. The maximum atomic E-state index is 5.36. The third kappa shape index (κ3) is 4.69. The lowest BCUT2D eigenvalue weighted by molar-refractivity contribution is 1.21. The number of benzene rings is 5. The van der Waals surface area contributed by atoms with Gasteiger partial charge in [-0.25, -0.2) is 9.97 Å². The summed E-state index contributed by atoms with van der Waals surface area (Å²) in [6.07, 6.45) is 3.75. The highest BCUT2D eigenvalue weighted by Gasteiger charge is 2.19. The van der Waals surface area contributed by atoms with Crippen LogP contribution < -0.4 is 0 Å². The normalized spacial score (nSPS) is 11.2. The van der Waals surface area contributed by atoms with Crippen molar-refractivity contribution in [3.63, 3.8) is 0 Å². The first kappa shape index (κ1) is 25.7. The molecule has 5 aromatic carbocycles. The average molecular weight is 563 g/mol. The Morgan fingerprint density at radius 1 is 0.318 bits per heavy atom. The van der Waals surface area contributed by atoms with Crippen molar-refractivity contribution >= 4 is 21.8 Å². The number of fused-ring (bicyclic) bond motifs is 3. The minimum absolute atomic E-state index is 0.843. The van der Waals surface area contributed by atoms with E-state index < -0.39 is 0 Å². The van der Waals surface area contributed by atoms with E-state index in [0.717, 1.165) is 78.0 Å². The van der Waals surface area contributed by atoms with Gasteiger partial charge in [0.15, 0.2) is 0 Å². The molecule has 0 spiro atoms. The van der Waals surface area contributed by atoms with Gasteiger partial charge in [0.25, 0.3) is 0 Å². The summed E-state index contributed by atoms with van der Waals surface area (Å²) >= 11 is 0. The van der Waals surface area contributed by atoms with Gasteiger partial charge in [0.05, 0.1) is 33.8 Å². The predicted octanol–water partition coefficient (Wildman–Crippen LogP) is 9.91. The maximum Gasteiger partial charge on any atom is 0.0973 e. The molecule has 8 aromatic rings. The fourth-order valence-corrected chi connectivity index (χ4v) is 5.74.